The molecular weight excluding hydrogens is 263 g/mol. The zero-order valence-electron chi connectivity index (χ0n) is 7.95. The highest BCUT2D eigenvalue weighted by Gasteiger charge is 2.59. The van der Waals surface area contributed by atoms with Gasteiger partial charge in [0.15, 0.2) is 4.58 Å². The topological polar surface area (TPSA) is 26.3 Å². The molecule has 0 N–H and O–H groups in total. The lowest BCUT2D eigenvalue weighted by Gasteiger charge is -2.04. The van der Waals surface area contributed by atoms with Gasteiger partial charge in [0.2, 0.25) is 0 Å². The van der Waals surface area contributed by atoms with Crippen molar-refractivity contribution in [2.45, 2.75) is 17.6 Å². The molecule has 1 aliphatic rings. The fourth-order valence-electron chi connectivity index (χ4n) is 1.30. The third kappa shape index (κ3) is 2.56. The molecule has 1 aromatic rings. The Morgan fingerprint density at radius 1 is 1.53 bits per heavy atom. The summed E-state index contributed by atoms with van der Waals surface area (Å²) in [7, 11) is 0. The van der Waals surface area contributed by atoms with E-state index in [0.717, 1.165) is 5.56 Å². The Bertz CT molecular complexity index is 364. The molecule has 2 atom stereocenters. The Labute approximate surface area is 95.6 Å². The summed E-state index contributed by atoms with van der Waals surface area (Å²) in [4.78, 5) is 11.3. The van der Waals surface area contributed by atoms with E-state index in [1.165, 1.54) is 0 Å². The molecule has 1 aliphatic carbocycles. The number of carbonyl (C=O) groups is 1. The number of hydrogen-bond acceptors (Lipinski definition) is 2. The number of esters is 1. The Morgan fingerprint density at radius 2 is 2.13 bits per heavy atom. The van der Waals surface area contributed by atoms with Gasteiger partial charge >= 0.3 is 5.97 Å². The molecule has 0 heterocycles. The van der Waals surface area contributed by atoms with E-state index in [-0.39, 0.29) is 13.0 Å². The average molecular weight is 273 g/mol. The molecule has 0 radical (unpaired) electrons. The van der Waals surface area contributed by atoms with Crippen molar-refractivity contribution in [1.82, 2.24) is 0 Å². The highest BCUT2D eigenvalue weighted by atomic mass is 79.9. The molecule has 0 bridgehead atoms. The second-order valence-electron chi connectivity index (χ2n) is 3.61. The van der Waals surface area contributed by atoms with E-state index in [9.17, 15) is 9.18 Å². The molecule has 15 heavy (non-hydrogen) atoms. The lowest BCUT2D eigenvalue weighted by molar-refractivity contribution is -0.147. The summed E-state index contributed by atoms with van der Waals surface area (Å²) in [6, 6.07) is 9.33. The maximum absolute atomic E-state index is 13.1. The van der Waals surface area contributed by atoms with Crippen LogP contribution in [-0.4, -0.2) is 10.5 Å². The van der Waals surface area contributed by atoms with Gasteiger partial charge in [0.1, 0.15) is 12.5 Å². The van der Waals surface area contributed by atoms with Crippen LogP contribution in [0, 0.1) is 5.92 Å². The molecular formula is C11H10BrFO2. The number of alkyl halides is 2. The summed E-state index contributed by atoms with van der Waals surface area (Å²) >= 11 is 2.81. The number of halogens is 2. The van der Waals surface area contributed by atoms with Crippen molar-refractivity contribution < 1.29 is 13.9 Å². The van der Waals surface area contributed by atoms with Crippen molar-refractivity contribution in [3.63, 3.8) is 0 Å². The molecule has 1 saturated carbocycles. The third-order valence-corrected chi connectivity index (χ3v) is 3.21. The number of rotatable bonds is 3. The van der Waals surface area contributed by atoms with Gasteiger partial charge in [-0.3, -0.25) is 4.79 Å². The summed E-state index contributed by atoms with van der Waals surface area (Å²) in [6.07, 6.45) is 0.209. The first kappa shape index (κ1) is 10.6. The molecule has 2 nitrogen and oxygen atoms in total. The second kappa shape index (κ2) is 3.93. The van der Waals surface area contributed by atoms with Crippen LogP contribution in [0.3, 0.4) is 0 Å². The maximum Gasteiger partial charge on any atom is 0.313 e. The first-order valence-corrected chi connectivity index (χ1v) is 5.47. The molecule has 0 saturated heterocycles. The van der Waals surface area contributed by atoms with E-state index in [2.05, 4.69) is 15.9 Å². The quantitative estimate of drug-likeness (QED) is 0.625. The van der Waals surface area contributed by atoms with Gasteiger partial charge in [-0.15, -0.1) is 0 Å². The largest absolute Gasteiger partial charge is 0.460 e. The van der Waals surface area contributed by atoms with Gasteiger partial charge in [0, 0.05) is 6.42 Å². The summed E-state index contributed by atoms with van der Waals surface area (Å²) in [5, 5.41) is 0. The zero-order chi connectivity index (χ0) is 10.9. The lowest BCUT2D eigenvalue weighted by Crippen LogP contribution is -2.10. The molecule has 2 rings (SSSR count). The number of benzene rings is 1. The van der Waals surface area contributed by atoms with Crippen molar-refractivity contribution in [1.29, 1.82) is 0 Å². The molecule has 80 valence electrons. The van der Waals surface area contributed by atoms with E-state index in [0.29, 0.717) is 0 Å². The smallest absolute Gasteiger partial charge is 0.313 e. The summed E-state index contributed by atoms with van der Waals surface area (Å²) < 4.78 is 16.5. The standard InChI is InChI=1S/C11H10BrFO2/c12-11(13)6-9(11)10(14)15-7-8-4-2-1-3-5-8/h1-5,9H,6-7H2. The molecule has 1 aromatic carbocycles. The van der Waals surface area contributed by atoms with Crippen LogP contribution < -0.4 is 0 Å². The Balaban J connectivity index is 1.82. The van der Waals surface area contributed by atoms with Crippen LogP contribution >= 0.6 is 15.9 Å². The number of ether oxygens (including phenoxy) is 1. The van der Waals surface area contributed by atoms with Crippen molar-refractivity contribution in [2.75, 3.05) is 0 Å². The van der Waals surface area contributed by atoms with Gasteiger partial charge < -0.3 is 4.74 Å². The fourth-order valence-corrected chi connectivity index (χ4v) is 1.81. The summed E-state index contributed by atoms with van der Waals surface area (Å²) in [5.74, 6) is -1.11. The minimum atomic E-state index is -1.53. The molecule has 0 spiro atoms. The van der Waals surface area contributed by atoms with Crippen LogP contribution in [0.2, 0.25) is 0 Å². The van der Waals surface area contributed by atoms with E-state index in [1.54, 1.807) is 0 Å². The van der Waals surface area contributed by atoms with Crippen LogP contribution in [0.4, 0.5) is 4.39 Å². The van der Waals surface area contributed by atoms with Crippen molar-refractivity contribution in [2.24, 2.45) is 5.92 Å². The van der Waals surface area contributed by atoms with Crippen molar-refractivity contribution in [3.05, 3.63) is 35.9 Å². The van der Waals surface area contributed by atoms with Crippen LogP contribution in [0.25, 0.3) is 0 Å². The second-order valence-corrected chi connectivity index (χ2v) is 4.93. The summed E-state index contributed by atoms with van der Waals surface area (Å²) in [5.41, 5.74) is 0.908. The van der Waals surface area contributed by atoms with Gasteiger partial charge in [0.05, 0.1) is 0 Å². The third-order valence-electron chi connectivity index (χ3n) is 2.33. The molecule has 1 fully saturated rings. The molecule has 0 amide bonds. The highest BCUT2D eigenvalue weighted by Crippen LogP contribution is 2.53. The van der Waals surface area contributed by atoms with Crippen molar-refractivity contribution in [3.8, 4) is 0 Å². The minimum Gasteiger partial charge on any atom is -0.460 e. The van der Waals surface area contributed by atoms with E-state index < -0.39 is 16.5 Å². The zero-order valence-corrected chi connectivity index (χ0v) is 9.54. The number of carbonyl (C=O) groups excluding carboxylic acids is 1. The molecule has 4 heteroatoms. The van der Waals surface area contributed by atoms with Crippen molar-refractivity contribution >= 4 is 21.9 Å². The minimum absolute atomic E-state index is 0.208. The first-order valence-electron chi connectivity index (χ1n) is 4.68. The van der Waals surface area contributed by atoms with Crippen LogP contribution in [0.1, 0.15) is 12.0 Å². The average Bonchev–Trinajstić information content (AvgIpc) is 2.86. The van der Waals surface area contributed by atoms with Gasteiger partial charge in [-0.1, -0.05) is 30.3 Å². The molecule has 2 unspecified atom stereocenters. The highest BCUT2D eigenvalue weighted by molar-refractivity contribution is 9.10. The number of hydrogen-bond donors (Lipinski definition) is 0. The molecule has 0 aliphatic heterocycles. The Morgan fingerprint density at radius 3 is 2.67 bits per heavy atom. The summed E-state index contributed by atoms with van der Waals surface area (Å²) in [6.45, 7) is 0.208. The van der Waals surface area contributed by atoms with E-state index in [1.807, 2.05) is 30.3 Å². The van der Waals surface area contributed by atoms with Gasteiger partial charge in [-0.2, -0.15) is 0 Å². The van der Waals surface area contributed by atoms with Gasteiger partial charge in [0.25, 0.3) is 0 Å². The normalized spacial score (nSPS) is 28.5. The van der Waals surface area contributed by atoms with Gasteiger partial charge in [-0.05, 0) is 21.5 Å². The Kier molecular flexibility index (Phi) is 2.78. The van der Waals surface area contributed by atoms with E-state index in [4.69, 9.17) is 4.74 Å². The van der Waals surface area contributed by atoms with Gasteiger partial charge in [-0.25, -0.2) is 4.39 Å². The predicted molar refractivity (Wildman–Crippen MR) is 57.1 cm³/mol. The van der Waals surface area contributed by atoms with Crippen LogP contribution in [0.15, 0.2) is 30.3 Å². The van der Waals surface area contributed by atoms with Crippen LogP contribution in [0.5, 0.6) is 0 Å². The first-order chi connectivity index (χ1) is 7.09. The maximum atomic E-state index is 13.1. The molecule has 0 aromatic heterocycles. The van der Waals surface area contributed by atoms with E-state index >= 15 is 0 Å². The predicted octanol–water partition coefficient (Wildman–Crippen LogP) is 2.81. The lowest BCUT2D eigenvalue weighted by atomic mass is 10.2. The fraction of sp³-hybridized carbons (Fsp3) is 0.364. The SMILES string of the molecule is O=C(OCc1ccccc1)C1CC1(F)Br. The Hall–Kier alpha value is -0.900. The van der Waals surface area contributed by atoms with Crippen LogP contribution in [-0.2, 0) is 16.1 Å². The monoisotopic (exact) mass is 272 g/mol.